The molecule has 1 heterocycles. The van der Waals surface area contributed by atoms with Crippen LogP contribution in [0.15, 0.2) is 29.3 Å². The van der Waals surface area contributed by atoms with E-state index < -0.39 is 11.5 Å². The number of benzene rings is 1. The SMILES string of the molecule is C/C=S(\NC1C(CN(CCCO)C(=O)OC(C)(C)C)[C@H]1C)c1cccc2c(F)ncc(C)c12. The average molecular weight is 478 g/mol. The van der Waals surface area contributed by atoms with Crippen LogP contribution in [0.1, 0.15) is 46.6 Å². The van der Waals surface area contributed by atoms with Crippen molar-refractivity contribution in [2.45, 2.75) is 64.5 Å². The Morgan fingerprint density at radius 2 is 2.12 bits per heavy atom. The van der Waals surface area contributed by atoms with Crippen LogP contribution in [0.3, 0.4) is 0 Å². The largest absolute Gasteiger partial charge is 0.444 e. The molecule has 1 amide bonds. The normalized spacial score (nSPS) is 21.3. The van der Waals surface area contributed by atoms with E-state index in [4.69, 9.17) is 4.74 Å². The lowest BCUT2D eigenvalue weighted by molar-refractivity contribution is 0.0228. The number of halogens is 1. The Kier molecular flexibility index (Phi) is 8.13. The van der Waals surface area contributed by atoms with Crippen molar-refractivity contribution in [2.75, 3.05) is 19.7 Å². The van der Waals surface area contributed by atoms with Crippen LogP contribution in [0.5, 0.6) is 0 Å². The zero-order chi connectivity index (χ0) is 24.3. The van der Waals surface area contributed by atoms with Crippen LogP contribution in [-0.4, -0.2) is 57.8 Å². The number of nitrogens with zero attached hydrogens (tertiary/aromatic N) is 2. The Bertz CT molecular complexity index is 1040. The second kappa shape index (κ2) is 10.5. The summed E-state index contributed by atoms with van der Waals surface area (Å²) >= 11 is 0. The molecule has 3 unspecified atom stereocenters. The second-order valence-electron chi connectivity index (χ2n) is 9.65. The molecule has 0 bridgehead atoms. The third kappa shape index (κ3) is 6.11. The van der Waals surface area contributed by atoms with Crippen molar-refractivity contribution in [3.05, 3.63) is 35.9 Å². The number of aryl methyl sites for hydroxylation is 1. The summed E-state index contributed by atoms with van der Waals surface area (Å²) in [4.78, 5) is 19.3. The Morgan fingerprint density at radius 3 is 2.76 bits per heavy atom. The fraction of sp³-hybridized carbons (Fsp3) is 0.560. The number of ether oxygens (including phenoxy) is 1. The van der Waals surface area contributed by atoms with Crippen LogP contribution >= 0.6 is 10.7 Å². The molecule has 2 aromatic rings. The first kappa shape index (κ1) is 25.6. The number of aliphatic hydroxyl groups excluding tert-OH is 1. The van der Waals surface area contributed by atoms with Gasteiger partial charge < -0.3 is 14.7 Å². The van der Waals surface area contributed by atoms with Crippen molar-refractivity contribution in [3.8, 4) is 0 Å². The third-order valence-electron chi connectivity index (χ3n) is 5.98. The summed E-state index contributed by atoms with van der Waals surface area (Å²) < 4.78 is 23.7. The fourth-order valence-electron chi connectivity index (χ4n) is 4.11. The highest BCUT2D eigenvalue weighted by atomic mass is 32.2. The molecule has 1 aliphatic rings. The third-order valence-corrected chi connectivity index (χ3v) is 7.79. The second-order valence-corrected chi connectivity index (χ2v) is 11.5. The Hall–Kier alpha value is -2.03. The molecule has 0 saturated heterocycles. The van der Waals surface area contributed by atoms with Crippen LogP contribution in [0, 0.1) is 24.7 Å². The minimum Gasteiger partial charge on any atom is -0.444 e. The molecule has 0 radical (unpaired) electrons. The van der Waals surface area contributed by atoms with Crippen LogP contribution in [0.2, 0.25) is 0 Å². The molecule has 182 valence electrons. The molecule has 1 aliphatic carbocycles. The van der Waals surface area contributed by atoms with Crippen molar-refractivity contribution in [3.63, 3.8) is 0 Å². The Morgan fingerprint density at radius 1 is 1.39 bits per heavy atom. The predicted octanol–water partition coefficient (Wildman–Crippen LogP) is 4.89. The molecule has 2 N–H and O–H groups in total. The fourth-order valence-corrected chi connectivity index (χ4v) is 6.02. The molecule has 4 atom stereocenters. The van der Waals surface area contributed by atoms with Gasteiger partial charge in [0, 0.05) is 47.6 Å². The van der Waals surface area contributed by atoms with E-state index in [-0.39, 0.29) is 35.3 Å². The van der Waals surface area contributed by atoms with Gasteiger partial charge in [0.2, 0.25) is 5.95 Å². The van der Waals surface area contributed by atoms with Gasteiger partial charge in [-0.3, -0.25) is 4.72 Å². The van der Waals surface area contributed by atoms with Gasteiger partial charge in [0.05, 0.1) is 0 Å². The van der Waals surface area contributed by atoms with E-state index in [0.29, 0.717) is 30.8 Å². The van der Waals surface area contributed by atoms with Crippen LogP contribution in [-0.2, 0) is 4.74 Å². The molecule has 0 aliphatic heterocycles. The van der Waals surface area contributed by atoms with Crippen LogP contribution in [0.4, 0.5) is 9.18 Å². The number of carbonyl (C=O) groups excluding carboxylic acids is 1. The summed E-state index contributed by atoms with van der Waals surface area (Å²) in [5, 5.41) is 12.8. The molecule has 3 rings (SSSR count). The van der Waals surface area contributed by atoms with Gasteiger partial charge in [-0.1, -0.05) is 23.7 Å². The van der Waals surface area contributed by atoms with Crippen molar-refractivity contribution in [2.24, 2.45) is 11.8 Å². The molecule has 1 fully saturated rings. The highest BCUT2D eigenvalue weighted by Gasteiger charge is 2.48. The smallest absolute Gasteiger partial charge is 0.410 e. The van der Waals surface area contributed by atoms with Crippen molar-refractivity contribution < 1.29 is 19.0 Å². The van der Waals surface area contributed by atoms with E-state index >= 15 is 0 Å². The number of aromatic nitrogens is 1. The molecule has 1 aromatic heterocycles. The molecule has 6 nitrogen and oxygen atoms in total. The number of pyridine rings is 1. The molecule has 1 saturated carbocycles. The number of rotatable bonds is 8. The van der Waals surface area contributed by atoms with E-state index in [9.17, 15) is 14.3 Å². The summed E-state index contributed by atoms with van der Waals surface area (Å²) in [7, 11) is -0.388. The van der Waals surface area contributed by atoms with E-state index in [2.05, 4.69) is 22.0 Å². The maximum atomic E-state index is 14.3. The van der Waals surface area contributed by atoms with Gasteiger partial charge in [-0.05, 0) is 75.9 Å². The van der Waals surface area contributed by atoms with Crippen molar-refractivity contribution in [1.82, 2.24) is 14.6 Å². The lowest BCUT2D eigenvalue weighted by Gasteiger charge is -2.27. The Labute approximate surface area is 198 Å². The quantitative estimate of drug-likeness (QED) is 0.418. The topological polar surface area (TPSA) is 74.7 Å². The highest BCUT2D eigenvalue weighted by Crippen LogP contribution is 2.44. The standard InChI is InChI=1S/C25H36FN3O3S/c1-7-33(20-11-8-10-18-21(20)16(2)14-27-23(18)26)28-22-17(3)19(22)15-29(12-9-13-30)24(31)32-25(4,5)6/h7-8,10-11,14,17,19,22,28,30H,9,12-13,15H2,1-6H3/t17-,19?,22?,33?/m1/s1. The number of carbonyl (C=O) groups is 1. The minimum absolute atomic E-state index is 0.0291. The van der Waals surface area contributed by atoms with E-state index in [0.717, 1.165) is 15.8 Å². The monoisotopic (exact) mass is 477 g/mol. The van der Waals surface area contributed by atoms with Crippen LogP contribution in [0.25, 0.3) is 10.8 Å². The average Bonchev–Trinajstić information content (AvgIpc) is 3.36. The van der Waals surface area contributed by atoms with Gasteiger partial charge in [0.15, 0.2) is 0 Å². The van der Waals surface area contributed by atoms with E-state index in [1.165, 1.54) is 0 Å². The first-order chi connectivity index (χ1) is 15.6. The van der Waals surface area contributed by atoms with Gasteiger partial charge in [0.1, 0.15) is 5.60 Å². The molecule has 0 spiro atoms. The maximum Gasteiger partial charge on any atom is 0.410 e. The number of hydrogen-bond acceptors (Lipinski definition) is 5. The zero-order valence-corrected chi connectivity index (χ0v) is 21.2. The van der Waals surface area contributed by atoms with Crippen molar-refractivity contribution in [1.29, 1.82) is 0 Å². The lowest BCUT2D eigenvalue weighted by Crippen LogP contribution is -2.39. The van der Waals surface area contributed by atoms with Gasteiger partial charge in [-0.2, -0.15) is 4.39 Å². The summed E-state index contributed by atoms with van der Waals surface area (Å²) in [5.41, 5.74) is 0.380. The summed E-state index contributed by atoms with van der Waals surface area (Å²) in [5.74, 6) is 0.209. The molecular weight excluding hydrogens is 441 g/mol. The number of nitrogens with one attached hydrogen (secondary N) is 1. The first-order valence-corrected chi connectivity index (χ1v) is 12.8. The van der Waals surface area contributed by atoms with Crippen LogP contribution < -0.4 is 4.72 Å². The van der Waals surface area contributed by atoms with Gasteiger partial charge >= 0.3 is 6.09 Å². The summed E-state index contributed by atoms with van der Waals surface area (Å²) in [6, 6.07) is 5.92. The molecule has 8 heteroatoms. The summed E-state index contributed by atoms with van der Waals surface area (Å²) in [6.07, 6.45) is 1.75. The predicted molar refractivity (Wildman–Crippen MR) is 133 cm³/mol. The van der Waals surface area contributed by atoms with Gasteiger partial charge in [-0.15, -0.1) is 0 Å². The number of hydrogen-bond donors (Lipinski definition) is 2. The highest BCUT2D eigenvalue weighted by molar-refractivity contribution is 8.13. The van der Waals surface area contributed by atoms with E-state index in [1.54, 1.807) is 17.2 Å². The number of aliphatic hydroxyl groups is 1. The first-order valence-electron chi connectivity index (χ1n) is 11.5. The number of amides is 1. The molecular formula is C25H36FN3O3S. The zero-order valence-electron chi connectivity index (χ0n) is 20.4. The summed E-state index contributed by atoms with van der Waals surface area (Å²) in [6.45, 7) is 12.8. The van der Waals surface area contributed by atoms with E-state index in [1.807, 2.05) is 46.8 Å². The molecule has 1 aromatic carbocycles. The van der Waals surface area contributed by atoms with Gasteiger partial charge in [-0.25, -0.2) is 9.78 Å². The van der Waals surface area contributed by atoms with Crippen molar-refractivity contribution >= 4 is 32.9 Å². The minimum atomic E-state index is -0.568. The number of fused-ring (bicyclic) bond motifs is 1. The van der Waals surface area contributed by atoms with Gasteiger partial charge in [0.25, 0.3) is 0 Å². The Balaban J connectivity index is 1.77. The molecule has 33 heavy (non-hydrogen) atoms. The maximum absolute atomic E-state index is 14.3. The lowest BCUT2D eigenvalue weighted by atomic mass is 10.1.